The monoisotopic (exact) mass is 574 g/mol. The SMILES string of the molecule is C[Si]1(c2ccccc2)c2cccc3c2B2c4c(cccc4N(c4ccc(F)cc4)c4cccc1c42)N3c1ccc(F)cc1. The molecule has 3 aliphatic rings. The maximum atomic E-state index is 14.2. The fraction of sp³-hybridized carbons (Fsp3) is 0.0270. The molecule has 6 aromatic carbocycles. The van der Waals surface area contributed by atoms with Crippen molar-refractivity contribution in [2.45, 2.75) is 6.55 Å². The minimum atomic E-state index is -2.49. The van der Waals surface area contributed by atoms with E-state index in [4.69, 9.17) is 0 Å². The Labute approximate surface area is 250 Å². The molecule has 0 radical (unpaired) electrons. The van der Waals surface area contributed by atoms with Crippen LogP contribution in [0.15, 0.2) is 133 Å². The van der Waals surface area contributed by atoms with Gasteiger partial charge in [-0.25, -0.2) is 8.78 Å². The van der Waals surface area contributed by atoms with Gasteiger partial charge in [0.25, 0.3) is 6.71 Å². The molecule has 3 aliphatic heterocycles. The van der Waals surface area contributed by atoms with Crippen LogP contribution in [0, 0.1) is 11.6 Å². The van der Waals surface area contributed by atoms with Crippen molar-refractivity contribution in [3.05, 3.63) is 145 Å². The van der Waals surface area contributed by atoms with Gasteiger partial charge in [-0.15, -0.1) is 0 Å². The van der Waals surface area contributed by atoms with E-state index < -0.39 is 8.07 Å². The molecular formula is C37H25BF2N2Si. The lowest BCUT2D eigenvalue weighted by Crippen LogP contribution is -2.83. The zero-order valence-corrected chi connectivity index (χ0v) is 24.4. The Kier molecular flexibility index (Phi) is 5.04. The average molecular weight is 575 g/mol. The summed E-state index contributed by atoms with van der Waals surface area (Å²) in [7, 11) is -2.49. The predicted molar refractivity (Wildman–Crippen MR) is 177 cm³/mol. The average Bonchev–Trinajstić information content (AvgIpc) is 3.05. The van der Waals surface area contributed by atoms with Gasteiger partial charge in [0.2, 0.25) is 0 Å². The highest BCUT2D eigenvalue weighted by Gasteiger charge is 2.53. The van der Waals surface area contributed by atoms with Crippen LogP contribution >= 0.6 is 0 Å². The second-order valence-electron chi connectivity index (χ2n) is 11.7. The van der Waals surface area contributed by atoms with Gasteiger partial charge in [0.15, 0.2) is 0 Å². The fourth-order valence-electron chi connectivity index (χ4n) is 7.86. The molecule has 0 bridgehead atoms. The van der Waals surface area contributed by atoms with Gasteiger partial charge < -0.3 is 9.80 Å². The van der Waals surface area contributed by atoms with E-state index in [1.165, 1.54) is 56.2 Å². The van der Waals surface area contributed by atoms with Gasteiger partial charge >= 0.3 is 0 Å². The standard InChI is InChI=1S/C37H25BF2N2Si/c1-43(28-8-3-2-4-9-28)33-14-6-12-31-36(33)38-35-29(41(31)26-20-16-24(39)17-21-26)10-5-11-30(35)42(27-22-18-25(40)19-23-27)32-13-7-15-34(43)37(32)38/h2-23H,1H3. The predicted octanol–water partition coefficient (Wildman–Crippen LogP) is 5.46. The third-order valence-electron chi connectivity index (χ3n) is 9.65. The molecule has 0 N–H and O–H groups in total. The summed E-state index contributed by atoms with van der Waals surface area (Å²) < 4.78 is 28.4. The lowest BCUT2D eigenvalue weighted by atomic mass is 9.33. The van der Waals surface area contributed by atoms with E-state index in [0.717, 1.165) is 34.1 Å². The number of nitrogens with zero attached hydrogens (tertiary/aromatic N) is 2. The van der Waals surface area contributed by atoms with Crippen LogP contribution in [0.5, 0.6) is 0 Å². The Hall–Kier alpha value is -4.94. The molecule has 0 aromatic heterocycles. The first kappa shape index (κ1) is 24.6. The molecule has 43 heavy (non-hydrogen) atoms. The lowest BCUT2D eigenvalue weighted by Gasteiger charge is -2.50. The number of benzene rings is 6. The summed E-state index contributed by atoms with van der Waals surface area (Å²) >= 11 is 0. The van der Waals surface area contributed by atoms with Crippen molar-refractivity contribution in [3.8, 4) is 0 Å². The third-order valence-corrected chi connectivity index (χ3v) is 14.2. The molecule has 0 aliphatic carbocycles. The van der Waals surface area contributed by atoms with Crippen LogP contribution in [0.4, 0.5) is 42.9 Å². The van der Waals surface area contributed by atoms with Crippen LogP contribution in [0.25, 0.3) is 0 Å². The van der Waals surface area contributed by atoms with Crippen LogP contribution in [-0.4, -0.2) is 14.8 Å². The normalized spacial score (nSPS) is 14.9. The van der Waals surface area contributed by atoms with Crippen molar-refractivity contribution in [1.29, 1.82) is 0 Å². The van der Waals surface area contributed by atoms with E-state index in [1.807, 2.05) is 24.3 Å². The van der Waals surface area contributed by atoms with Gasteiger partial charge in [0.05, 0.1) is 0 Å². The Bertz CT molecular complexity index is 1960. The Morgan fingerprint density at radius 1 is 0.465 bits per heavy atom. The van der Waals surface area contributed by atoms with Crippen molar-refractivity contribution in [2.24, 2.45) is 0 Å². The molecule has 2 nitrogen and oxygen atoms in total. The number of halogens is 2. The Morgan fingerprint density at radius 2 is 0.884 bits per heavy atom. The van der Waals surface area contributed by atoms with Crippen LogP contribution in [0.2, 0.25) is 6.55 Å². The molecule has 0 amide bonds. The molecule has 0 saturated carbocycles. The van der Waals surface area contributed by atoms with Gasteiger partial charge in [-0.05, 0) is 94.4 Å². The molecular weight excluding hydrogens is 549 g/mol. The van der Waals surface area contributed by atoms with Crippen molar-refractivity contribution >= 4 is 80.9 Å². The van der Waals surface area contributed by atoms with E-state index in [2.05, 4.69) is 101 Å². The molecule has 9 rings (SSSR count). The first-order chi connectivity index (χ1) is 21.1. The zero-order chi connectivity index (χ0) is 28.9. The fourth-order valence-corrected chi connectivity index (χ4v) is 12.1. The van der Waals surface area contributed by atoms with Crippen LogP contribution < -0.4 is 41.7 Å². The molecule has 3 heterocycles. The number of hydrogen-bond acceptors (Lipinski definition) is 2. The Morgan fingerprint density at radius 3 is 1.35 bits per heavy atom. The quantitative estimate of drug-likeness (QED) is 0.259. The molecule has 0 unspecified atom stereocenters. The van der Waals surface area contributed by atoms with Crippen molar-refractivity contribution in [1.82, 2.24) is 0 Å². The minimum absolute atomic E-state index is 0.0429. The lowest BCUT2D eigenvalue weighted by molar-refractivity contribution is 0.627. The second kappa shape index (κ2) is 8.79. The molecule has 0 saturated heterocycles. The summed E-state index contributed by atoms with van der Waals surface area (Å²) in [6.07, 6.45) is 0. The number of rotatable bonds is 3. The van der Waals surface area contributed by atoms with E-state index >= 15 is 0 Å². The van der Waals surface area contributed by atoms with Gasteiger partial charge in [-0.3, -0.25) is 0 Å². The van der Waals surface area contributed by atoms with Crippen LogP contribution in [0.3, 0.4) is 0 Å². The topological polar surface area (TPSA) is 6.48 Å². The van der Waals surface area contributed by atoms with E-state index in [9.17, 15) is 8.78 Å². The maximum Gasteiger partial charge on any atom is 0.251 e. The summed E-state index contributed by atoms with van der Waals surface area (Å²) in [5.41, 5.74) is 10.2. The maximum absolute atomic E-state index is 14.2. The zero-order valence-electron chi connectivity index (χ0n) is 23.4. The van der Waals surface area contributed by atoms with Crippen LogP contribution in [0.1, 0.15) is 0 Å². The summed E-state index contributed by atoms with van der Waals surface area (Å²) in [4.78, 5) is 4.60. The molecule has 0 spiro atoms. The highest BCUT2D eigenvalue weighted by Crippen LogP contribution is 2.44. The highest BCUT2D eigenvalue weighted by molar-refractivity contribution is 7.21. The van der Waals surface area contributed by atoms with Gasteiger partial charge in [-0.1, -0.05) is 77.6 Å². The van der Waals surface area contributed by atoms with Crippen molar-refractivity contribution in [3.63, 3.8) is 0 Å². The smallest absolute Gasteiger partial charge is 0.251 e. The minimum Gasteiger partial charge on any atom is -0.311 e. The van der Waals surface area contributed by atoms with E-state index in [1.54, 1.807) is 0 Å². The summed E-state index contributed by atoms with van der Waals surface area (Å²) in [5.74, 6) is -0.511. The molecule has 204 valence electrons. The van der Waals surface area contributed by atoms with E-state index in [-0.39, 0.29) is 18.3 Å². The van der Waals surface area contributed by atoms with Crippen LogP contribution in [-0.2, 0) is 0 Å². The molecule has 6 aromatic rings. The molecule has 0 fully saturated rings. The van der Waals surface area contributed by atoms with Crippen molar-refractivity contribution < 1.29 is 8.78 Å². The Balaban J connectivity index is 1.45. The number of hydrogen-bond donors (Lipinski definition) is 0. The summed E-state index contributed by atoms with van der Waals surface area (Å²) in [6, 6.07) is 44.5. The number of anilines is 6. The largest absolute Gasteiger partial charge is 0.311 e. The summed E-state index contributed by atoms with van der Waals surface area (Å²) in [6.45, 7) is 2.52. The summed E-state index contributed by atoms with van der Waals surface area (Å²) in [5, 5.41) is 4.18. The second-order valence-corrected chi connectivity index (χ2v) is 15.6. The first-order valence-corrected chi connectivity index (χ1v) is 17.1. The van der Waals surface area contributed by atoms with Gasteiger partial charge in [0, 0.05) is 34.1 Å². The first-order valence-electron chi connectivity index (χ1n) is 14.6. The van der Waals surface area contributed by atoms with E-state index in [0.29, 0.717) is 0 Å². The molecule has 6 heteroatoms. The highest BCUT2D eigenvalue weighted by atomic mass is 28.3. The third kappa shape index (κ3) is 3.21. The van der Waals surface area contributed by atoms with Gasteiger partial charge in [-0.2, -0.15) is 0 Å². The van der Waals surface area contributed by atoms with Gasteiger partial charge in [0.1, 0.15) is 19.7 Å². The van der Waals surface area contributed by atoms with Crippen molar-refractivity contribution in [2.75, 3.05) is 9.80 Å². The molecule has 0 atom stereocenters.